The Morgan fingerprint density at radius 2 is 2.12 bits per heavy atom. The fraction of sp³-hybridized carbons (Fsp3) is 0.667. The molecule has 0 radical (unpaired) electrons. The molecule has 3 nitrogen and oxygen atoms in total. The van der Waals surface area contributed by atoms with Gasteiger partial charge in [0, 0.05) is 5.57 Å². The third kappa shape index (κ3) is 4.83. The number of ether oxygens (including phenoxy) is 2. The molecule has 0 amide bonds. The largest absolute Gasteiger partial charge is 0.466 e. The minimum absolute atomic E-state index is 0.199. The third-order valence-electron chi connectivity index (χ3n) is 5.35. The minimum atomic E-state index is -0.212. The van der Waals surface area contributed by atoms with Gasteiger partial charge in [-0.3, -0.25) is 0 Å². The first-order valence-electron chi connectivity index (χ1n) is 9.15. The number of allylic oxidation sites excluding steroid dienone is 3. The van der Waals surface area contributed by atoms with Crippen molar-refractivity contribution in [1.82, 2.24) is 0 Å². The Labute approximate surface area is 146 Å². The molecular weight excluding hydrogens is 300 g/mol. The van der Waals surface area contributed by atoms with Crippen LogP contribution < -0.4 is 0 Å². The van der Waals surface area contributed by atoms with Crippen molar-refractivity contribution >= 4 is 5.97 Å². The molecule has 1 heterocycles. The predicted molar refractivity (Wildman–Crippen MR) is 97.7 cm³/mol. The molecule has 1 fully saturated rings. The SMILES string of the molecule is COC(=O)/C(=C/C[C@@H]1O[C@@H]2C=C(C)CC[C@@H]2[C@@H]1C)CCC=C(C)C. The van der Waals surface area contributed by atoms with E-state index in [0.717, 1.165) is 24.8 Å². The number of esters is 1. The Balaban J connectivity index is 2.00. The van der Waals surface area contributed by atoms with Gasteiger partial charge in [-0.1, -0.05) is 36.3 Å². The van der Waals surface area contributed by atoms with Gasteiger partial charge >= 0.3 is 5.97 Å². The van der Waals surface area contributed by atoms with Crippen LogP contribution in [-0.2, 0) is 14.3 Å². The fourth-order valence-corrected chi connectivity index (χ4v) is 3.81. The smallest absolute Gasteiger partial charge is 0.333 e. The van der Waals surface area contributed by atoms with Crippen molar-refractivity contribution < 1.29 is 14.3 Å². The van der Waals surface area contributed by atoms with Crippen molar-refractivity contribution in [2.45, 2.75) is 72.0 Å². The zero-order valence-electron chi connectivity index (χ0n) is 15.8. The van der Waals surface area contributed by atoms with E-state index in [4.69, 9.17) is 9.47 Å². The van der Waals surface area contributed by atoms with Gasteiger partial charge in [0.05, 0.1) is 19.3 Å². The van der Waals surface area contributed by atoms with Gasteiger partial charge in [0.1, 0.15) is 0 Å². The Kier molecular flexibility index (Phi) is 6.85. The van der Waals surface area contributed by atoms with Gasteiger partial charge in [-0.25, -0.2) is 4.79 Å². The summed E-state index contributed by atoms with van der Waals surface area (Å²) >= 11 is 0. The number of hydrogen-bond donors (Lipinski definition) is 0. The summed E-state index contributed by atoms with van der Waals surface area (Å²) in [4.78, 5) is 12.0. The molecule has 0 saturated carbocycles. The molecule has 2 aliphatic rings. The van der Waals surface area contributed by atoms with Crippen LogP contribution in [0.2, 0.25) is 0 Å². The lowest BCUT2D eigenvalue weighted by molar-refractivity contribution is -0.136. The molecule has 1 aliphatic heterocycles. The standard InChI is InChI=1S/C21H32O3/c1-14(2)7-6-8-17(21(22)23-5)10-12-19-16(4)18-11-9-15(3)13-20(18)24-19/h7,10,13,16,18-20H,6,8-9,11-12H2,1-5H3/b17-10+/t16-,18+,19-,20+/m0/s1. The second-order valence-electron chi connectivity index (χ2n) is 7.49. The fourth-order valence-electron chi connectivity index (χ4n) is 3.81. The molecule has 0 aromatic carbocycles. The topological polar surface area (TPSA) is 35.5 Å². The Bertz CT molecular complexity index is 537. The summed E-state index contributed by atoms with van der Waals surface area (Å²) in [5.41, 5.74) is 3.49. The van der Waals surface area contributed by atoms with Crippen LogP contribution in [0.25, 0.3) is 0 Å². The second-order valence-corrected chi connectivity index (χ2v) is 7.49. The highest BCUT2D eigenvalue weighted by atomic mass is 16.5. The van der Waals surface area contributed by atoms with Crippen molar-refractivity contribution in [1.29, 1.82) is 0 Å². The molecule has 0 spiro atoms. The molecule has 4 atom stereocenters. The summed E-state index contributed by atoms with van der Waals surface area (Å²) in [6.07, 6.45) is 11.8. The van der Waals surface area contributed by atoms with Gasteiger partial charge < -0.3 is 9.47 Å². The van der Waals surface area contributed by atoms with E-state index < -0.39 is 0 Å². The monoisotopic (exact) mass is 332 g/mol. The van der Waals surface area contributed by atoms with E-state index in [1.54, 1.807) is 0 Å². The molecule has 0 aromatic heterocycles. The second kappa shape index (κ2) is 8.66. The van der Waals surface area contributed by atoms with Gasteiger partial charge in [-0.05, 0) is 64.7 Å². The van der Waals surface area contributed by atoms with Crippen molar-refractivity contribution in [2.24, 2.45) is 11.8 Å². The number of fused-ring (bicyclic) bond motifs is 1. The Hall–Kier alpha value is -1.35. The number of methoxy groups -OCH3 is 1. The molecule has 0 aromatic rings. The molecule has 0 bridgehead atoms. The first kappa shape index (κ1) is 19.0. The van der Waals surface area contributed by atoms with E-state index in [2.05, 4.69) is 39.8 Å². The highest BCUT2D eigenvalue weighted by molar-refractivity contribution is 5.88. The van der Waals surface area contributed by atoms with Gasteiger partial charge in [0.2, 0.25) is 0 Å². The van der Waals surface area contributed by atoms with E-state index in [1.165, 1.54) is 31.1 Å². The summed E-state index contributed by atoms with van der Waals surface area (Å²) in [6, 6.07) is 0. The maximum absolute atomic E-state index is 12.0. The van der Waals surface area contributed by atoms with Crippen LogP contribution in [-0.4, -0.2) is 25.3 Å². The van der Waals surface area contributed by atoms with Gasteiger partial charge in [0.25, 0.3) is 0 Å². The lowest BCUT2D eigenvalue weighted by atomic mass is 9.80. The highest BCUT2D eigenvalue weighted by Gasteiger charge is 2.41. The summed E-state index contributed by atoms with van der Waals surface area (Å²) in [5.74, 6) is 0.947. The van der Waals surface area contributed by atoms with Crippen molar-refractivity contribution in [3.8, 4) is 0 Å². The molecule has 3 heteroatoms. The predicted octanol–water partition coefficient (Wildman–Crippen LogP) is 4.98. The maximum atomic E-state index is 12.0. The van der Waals surface area contributed by atoms with E-state index >= 15 is 0 Å². The van der Waals surface area contributed by atoms with Crippen LogP contribution in [0.5, 0.6) is 0 Å². The Morgan fingerprint density at radius 1 is 1.38 bits per heavy atom. The average molecular weight is 332 g/mol. The average Bonchev–Trinajstić information content (AvgIpc) is 2.85. The van der Waals surface area contributed by atoms with E-state index in [0.29, 0.717) is 11.8 Å². The van der Waals surface area contributed by atoms with Crippen LogP contribution in [0.3, 0.4) is 0 Å². The summed E-state index contributed by atoms with van der Waals surface area (Å²) < 4.78 is 11.2. The van der Waals surface area contributed by atoms with Crippen LogP contribution >= 0.6 is 0 Å². The molecule has 1 saturated heterocycles. The lowest BCUT2D eigenvalue weighted by Gasteiger charge is -2.23. The third-order valence-corrected chi connectivity index (χ3v) is 5.35. The van der Waals surface area contributed by atoms with Crippen LogP contribution in [0, 0.1) is 11.8 Å². The number of carbonyl (C=O) groups is 1. The first-order chi connectivity index (χ1) is 11.4. The zero-order valence-corrected chi connectivity index (χ0v) is 15.8. The number of hydrogen-bond acceptors (Lipinski definition) is 3. The molecule has 134 valence electrons. The summed E-state index contributed by atoms with van der Waals surface area (Å²) in [5, 5.41) is 0. The summed E-state index contributed by atoms with van der Waals surface area (Å²) in [6.45, 7) is 8.63. The highest BCUT2D eigenvalue weighted by Crippen LogP contribution is 2.41. The summed E-state index contributed by atoms with van der Waals surface area (Å²) in [7, 11) is 1.45. The van der Waals surface area contributed by atoms with E-state index in [-0.39, 0.29) is 18.2 Å². The number of rotatable bonds is 6. The van der Waals surface area contributed by atoms with Crippen LogP contribution in [0.1, 0.15) is 59.8 Å². The normalized spacial score (nSPS) is 29.7. The maximum Gasteiger partial charge on any atom is 0.333 e. The van der Waals surface area contributed by atoms with E-state index in [1.807, 2.05) is 6.08 Å². The van der Waals surface area contributed by atoms with Crippen LogP contribution in [0.4, 0.5) is 0 Å². The lowest BCUT2D eigenvalue weighted by Crippen LogP contribution is -2.21. The molecule has 1 aliphatic carbocycles. The Morgan fingerprint density at radius 3 is 2.79 bits per heavy atom. The first-order valence-corrected chi connectivity index (χ1v) is 9.15. The molecular formula is C21H32O3. The van der Waals surface area contributed by atoms with Crippen molar-refractivity contribution in [3.63, 3.8) is 0 Å². The minimum Gasteiger partial charge on any atom is -0.466 e. The van der Waals surface area contributed by atoms with E-state index in [9.17, 15) is 4.79 Å². The van der Waals surface area contributed by atoms with Crippen molar-refractivity contribution in [2.75, 3.05) is 7.11 Å². The quantitative estimate of drug-likeness (QED) is 0.391. The number of carbonyl (C=O) groups excluding carboxylic acids is 1. The molecule has 0 unspecified atom stereocenters. The molecule has 2 rings (SSSR count). The van der Waals surface area contributed by atoms with Gasteiger partial charge in [0.15, 0.2) is 0 Å². The van der Waals surface area contributed by atoms with Gasteiger partial charge in [-0.15, -0.1) is 0 Å². The molecule has 24 heavy (non-hydrogen) atoms. The van der Waals surface area contributed by atoms with Crippen LogP contribution in [0.15, 0.2) is 34.9 Å². The zero-order chi connectivity index (χ0) is 17.7. The van der Waals surface area contributed by atoms with Gasteiger partial charge in [-0.2, -0.15) is 0 Å². The molecule has 0 N–H and O–H groups in total. The van der Waals surface area contributed by atoms with Crippen molar-refractivity contribution in [3.05, 3.63) is 34.9 Å².